The Morgan fingerprint density at radius 3 is 2.43 bits per heavy atom. The third-order valence-corrected chi connectivity index (χ3v) is 6.35. The van der Waals surface area contributed by atoms with Crippen molar-refractivity contribution < 1.29 is 14.3 Å². The first-order valence-corrected chi connectivity index (χ1v) is 12.2. The standard InChI is InChI=1S/C28H34N4O3/c1-28(2,3)22-11-13-23(14-12-22)35-19-20-9-8-10-21(17-20)26(33)30-24-18-29-31(4)25(24)27(34)32-15-6-5-7-16-32/h8-14,17-18H,5-7,15-16,19H2,1-4H3,(H,30,33). The molecular formula is C28H34N4O3. The number of carbonyl (C=O) groups is 2. The fourth-order valence-corrected chi connectivity index (χ4v) is 4.24. The number of amides is 2. The Morgan fingerprint density at radius 2 is 1.74 bits per heavy atom. The molecule has 0 atom stereocenters. The number of ether oxygens (including phenoxy) is 1. The second kappa shape index (κ2) is 10.3. The van der Waals surface area contributed by atoms with Gasteiger partial charge < -0.3 is 15.0 Å². The molecule has 7 heteroatoms. The fraction of sp³-hybridized carbons (Fsp3) is 0.393. The predicted octanol–water partition coefficient (Wildman–Crippen LogP) is 5.18. The molecule has 1 saturated heterocycles. The monoisotopic (exact) mass is 474 g/mol. The van der Waals surface area contributed by atoms with Gasteiger partial charge in [-0.2, -0.15) is 5.10 Å². The highest BCUT2D eigenvalue weighted by molar-refractivity contribution is 6.08. The number of hydrogen-bond acceptors (Lipinski definition) is 4. The van der Waals surface area contributed by atoms with Gasteiger partial charge in [-0.15, -0.1) is 0 Å². The summed E-state index contributed by atoms with van der Waals surface area (Å²) in [6.07, 6.45) is 4.67. The van der Waals surface area contributed by atoms with Crippen LogP contribution in [0.15, 0.2) is 54.7 Å². The minimum Gasteiger partial charge on any atom is -0.489 e. The molecule has 1 aliphatic rings. The van der Waals surface area contributed by atoms with E-state index in [4.69, 9.17) is 4.74 Å². The molecule has 3 aromatic rings. The lowest BCUT2D eigenvalue weighted by Crippen LogP contribution is -2.37. The van der Waals surface area contributed by atoms with Gasteiger partial charge in [0.25, 0.3) is 11.8 Å². The van der Waals surface area contributed by atoms with Gasteiger partial charge in [-0.25, -0.2) is 0 Å². The molecule has 0 spiro atoms. The van der Waals surface area contributed by atoms with Crippen molar-refractivity contribution in [3.05, 3.63) is 77.1 Å². The van der Waals surface area contributed by atoms with Gasteiger partial charge >= 0.3 is 0 Å². The largest absolute Gasteiger partial charge is 0.489 e. The maximum atomic E-state index is 13.1. The summed E-state index contributed by atoms with van der Waals surface area (Å²) in [5.74, 6) is 0.394. The van der Waals surface area contributed by atoms with Gasteiger partial charge in [-0.1, -0.05) is 45.0 Å². The van der Waals surface area contributed by atoms with Crippen LogP contribution in [0.4, 0.5) is 5.69 Å². The Hall–Kier alpha value is -3.61. The van der Waals surface area contributed by atoms with Crippen molar-refractivity contribution in [1.29, 1.82) is 0 Å². The highest BCUT2D eigenvalue weighted by Gasteiger charge is 2.25. The lowest BCUT2D eigenvalue weighted by Gasteiger charge is -2.27. The molecule has 0 aliphatic carbocycles. The number of aryl methyl sites for hydroxylation is 1. The van der Waals surface area contributed by atoms with Crippen LogP contribution in [-0.2, 0) is 19.1 Å². The first-order valence-electron chi connectivity index (χ1n) is 12.2. The van der Waals surface area contributed by atoms with Gasteiger partial charge in [-0.05, 0) is 60.1 Å². The maximum Gasteiger partial charge on any atom is 0.274 e. The number of nitrogens with zero attached hydrogens (tertiary/aromatic N) is 3. The molecule has 2 aromatic carbocycles. The molecule has 7 nitrogen and oxygen atoms in total. The van der Waals surface area contributed by atoms with E-state index in [1.165, 1.54) is 16.4 Å². The van der Waals surface area contributed by atoms with Crippen molar-refractivity contribution in [2.45, 2.75) is 52.1 Å². The van der Waals surface area contributed by atoms with Crippen LogP contribution in [0.5, 0.6) is 5.75 Å². The van der Waals surface area contributed by atoms with Crippen LogP contribution >= 0.6 is 0 Å². The number of piperidine rings is 1. The second-order valence-electron chi connectivity index (χ2n) is 10.1. The minimum atomic E-state index is -0.290. The lowest BCUT2D eigenvalue weighted by molar-refractivity contribution is 0.0714. The topological polar surface area (TPSA) is 76.5 Å². The highest BCUT2D eigenvalue weighted by Crippen LogP contribution is 2.25. The third kappa shape index (κ3) is 5.91. The van der Waals surface area contributed by atoms with Gasteiger partial charge in [0.15, 0.2) is 0 Å². The molecule has 0 saturated carbocycles. The highest BCUT2D eigenvalue weighted by atomic mass is 16.5. The number of hydrogen-bond donors (Lipinski definition) is 1. The number of rotatable bonds is 6. The molecular weight excluding hydrogens is 440 g/mol. The van der Waals surface area contributed by atoms with Crippen LogP contribution in [0.2, 0.25) is 0 Å². The van der Waals surface area contributed by atoms with Crippen LogP contribution < -0.4 is 10.1 Å². The van der Waals surface area contributed by atoms with E-state index in [-0.39, 0.29) is 17.2 Å². The van der Waals surface area contributed by atoms with E-state index in [2.05, 4.69) is 43.3 Å². The number of carbonyl (C=O) groups excluding carboxylic acids is 2. The van der Waals surface area contributed by atoms with Crippen LogP contribution in [0.25, 0.3) is 0 Å². The molecule has 0 bridgehead atoms. The molecule has 1 fully saturated rings. The number of likely N-dealkylation sites (tertiary alicyclic amines) is 1. The summed E-state index contributed by atoms with van der Waals surface area (Å²) in [6.45, 7) is 8.35. The molecule has 1 aliphatic heterocycles. The normalized spacial score (nSPS) is 14.0. The summed E-state index contributed by atoms with van der Waals surface area (Å²) < 4.78 is 7.47. The maximum absolute atomic E-state index is 13.1. The number of aromatic nitrogens is 2. The van der Waals surface area contributed by atoms with Gasteiger partial charge in [0.2, 0.25) is 0 Å². The van der Waals surface area contributed by atoms with Crippen molar-refractivity contribution in [3.63, 3.8) is 0 Å². The van der Waals surface area contributed by atoms with Gasteiger partial charge in [-0.3, -0.25) is 14.3 Å². The fourth-order valence-electron chi connectivity index (χ4n) is 4.24. The van der Waals surface area contributed by atoms with E-state index in [0.717, 1.165) is 43.7 Å². The Kier molecular flexibility index (Phi) is 7.24. The Labute approximate surface area is 207 Å². The van der Waals surface area contributed by atoms with Crippen molar-refractivity contribution >= 4 is 17.5 Å². The summed E-state index contributed by atoms with van der Waals surface area (Å²) in [5.41, 5.74) is 3.54. The van der Waals surface area contributed by atoms with Crippen LogP contribution in [-0.4, -0.2) is 39.6 Å². The Balaban J connectivity index is 1.42. The molecule has 0 radical (unpaired) electrons. The van der Waals surface area contributed by atoms with Crippen LogP contribution in [0, 0.1) is 0 Å². The average molecular weight is 475 g/mol. The van der Waals surface area contributed by atoms with E-state index in [0.29, 0.717) is 23.6 Å². The summed E-state index contributed by atoms with van der Waals surface area (Å²) >= 11 is 0. The molecule has 1 aromatic heterocycles. The lowest BCUT2D eigenvalue weighted by atomic mass is 9.87. The molecule has 0 unspecified atom stereocenters. The Bertz CT molecular complexity index is 1190. The summed E-state index contributed by atoms with van der Waals surface area (Å²) in [4.78, 5) is 27.9. The zero-order chi connectivity index (χ0) is 25.0. The van der Waals surface area contributed by atoms with Crippen LogP contribution in [0.3, 0.4) is 0 Å². The van der Waals surface area contributed by atoms with Crippen molar-refractivity contribution in [3.8, 4) is 5.75 Å². The zero-order valence-corrected chi connectivity index (χ0v) is 21.0. The van der Waals surface area contributed by atoms with Gasteiger partial charge in [0.1, 0.15) is 18.1 Å². The first-order chi connectivity index (χ1) is 16.7. The minimum absolute atomic E-state index is 0.0900. The number of benzene rings is 2. The van der Waals surface area contributed by atoms with E-state index < -0.39 is 0 Å². The summed E-state index contributed by atoms with van der Waals surface area (Å²) in [5, 5.41) is 7.09. The molecule has 4 rings (SSSR count). The van der Waals surface area contributed by atoms with Crippen molar-refractivity contribution in [1.82, 2.24) is 14.7 Å². The molecule has 1 N–H and O–H groups in total. The summed E-state index contributed by atoms with van der Waals surface area (Å²) in [6, 6.07) is 15.4. The molecule has 184 valence electrons. The van der Waals surface area contributed by atoms with Crippen molar-refractivity contribution in [2.75, 3.05) is 18.4 Å². The van der Waals surface area contributed by atoms with Gasteiger partial charge in [0.05, 0.1) is 11.9 Å². The van der Waals surface area contributed by atoms with E-state index >= 15 is 0 Å². The van der Waals surface area contributed by atoms with E-state index in [1.54, 1.807) is 19.2 Å². The number of anilines is 1. The average Bonchev–Trinajstić information content (AvgIpc) is 3.22. The molecule has 2 amide bonds. The zero-order valence-electron chi connectivity index (χ0n) is 21.0. The second-order valence-corrected chi connectivity index (χ2v) is 10.1. The van der Waals surface area contributed by atoms with Crippen LogP contribution in [0.1, 0.15) is 72.0 Å². The smallest absolute Gasteiger partial charge is 0.274 e. The third-order valence-electron chi connectivity index (χ3n) is 6.35. The van der Waals surface area contributed by atoms with E-state index in [9.17, 15) is 9.59 Å². The quantitative estimate of drug-likeness (QED) is 0.534. The summed E-state index contributed by atoms with van der Waals surface area (Å²) in [7, 11) is 1.72. The van der Waals surface area contributed by atoms with E-state index in [1.807, 2.05) is 29.2 Å². The predicted molar refractivity (Wildman–Crippen MR) is 137 cm³/mol. The Morgan fingerprint density at radius 1 is 1.03 bits per heavy atom. The first kappa shape index (κ1) is 24.5. The molecule has 35 heavy (non-hydrogen) atoms. The SMILES string of the molecule is Cn1ncc(NC(=O)c2cccc(COc3ccc(C(C)(C)C)cc3)c2)c1C(=O)N1CCCCC1. The van der Waals surface area contributed by atoms with Crippen molar-refractivity contribution in [2.24, 2.45) is 7.05 Å². The molecule has 2 heterocycles. The van der Waals surface area contributed by atoms with Gasteiger partial charge in [0, 0.05) is 25.7 Å². The number of nitrogens with one attached hydrogen (secondary N) is 1.